The Morgan fingerprint density at radius 2 is 0.848 bits per heavy atom. The highest BCUT2D eigenvalue weighted by Crippen LogP contribution is 2.43. The van der Waals surface area contributed by atoms with Crippen LogP contribution in [0.15, 0.2) is 0 Å². The van der Waals surface area contributed by atoms with Crippen molar-refractivity contribution in [3.05, 3.63) is 0 Å². The standard InChI is InChI=1S/C19H46NO21P5/c1-4-17(11-21)12-38-43(25,26)33-6-8-35-45(29,30)40-15-19(10-20-3)16-41-46(31,32)36-9-7-34-44(27,28)39-14-18(5-2)13-37-42(22,23)24/h17-21H,4-16H2,1-3H3,(H,25,26)(H,27,28)(H,29,30)(H,31,32)(H2,22,23,24)/p-5. The van der Waals surface area contributed by atoms with E-state index in [0.29, 0.717) is 6.42 Å². The summed E-state index contributed by atoms with van der Waals surface area (Å²) in [5.74, 6) is -2.10. The molecule has 8 unspecified atom stereocenters. The molecule has 0 fully saturated rings. The maximum Gasteiger partial charge on any atom is 0.267 e. The fraction of sp³-hybridized carbons (Fsp3) is 1.00. The van der Waals surface area contributed by atoms with E-state index >= 15 is 0 Å². The Morgan fingerprint density at radius 3 is 1.13 bits per heavy atom. The highest BCUT2D eigenvalue weighted by atomic mass is 31.2. The zero-order valence-corrected chi connectivity index (χ0v) is 29.8. The number of nitrogens with one attached hydrogen (secondary N) is 1. The van der Waals surface area contributed by atoms with Crippen molar-refractivity contribution < 1.29 is 98.0 Å². The third kappa shape index (κ3) is 25.4. The van der Waals surface area contributed by atoms with Gasteiger partial charge < -0.3 is 80.5 Å². The maximum absolute atomic E-state index is 12.0. The van der Waals surface area contributed by atoms with Crippen LogP contribution in [0.4, 0.5) is 0 Å². The van der Waals surface area contributed by atoms with Gasteiger partial charge in [-0.25, -0.2) is 0 Å². The first kappa shape index (κ1) is 46.5. The van der Waals surface area contributed by atoms with Gasteiger partial charge in [-0.2, -0.15) is 0 Å². The van der Waals surface area contributed by atoms with Crippen LogP contribution in [0.5, 0.6) is 0 Å². The number of phosphoric ester groups is 5. The molecule has 27 heteroatoms. The number of rotatable bonds is 30. The van der Waals surface area contributed by atoms with E-state index in [1.807, 2.05) is 0 Å². The minimum absolute atomic E-state index is 0.0132. The van der Waals surface area contributed by atoms with Gasteiger partial charge >= 0.3 is 0 Å². The molecule has 46 heavy (non-hydrogen) atoms. The van der Waals surface area contributed by atoms with Gasteiger partial charge in [0.05, 0.1) is 59.5 Å². The summed E-state index contributed by atoms with van der Waals surface area (Å²) in [5, 5.41) is 11.7. The van der Waals surface area contributed by atoms with Crippen molar-refractivity contribution >= 4 is 39.1 Å². The molecule has 0 aromatic carbocycles. The Labute approximate surface area is 266 Å². The molecule has 0 rings (SSSR count). The van der Waals surface area contributed by atoms with Gasteiger partial charge in [0, 0.05) is 30.9 Å². The van der Waals surface area contributed by atoms with Gasteiger partial charge in [0.15, 0.2) is 0 Å². The lowest BCUT2D eigenvalue weighted by molar-refractivity contribution is -0.236. The number of hydrogen-bond donors (Lipinski definition) is 3. The van der Waals surface area contributed by atoms with Gasteiger partial charge in [0.2, 0.25) is 0 Å². The third-order valence-corrected chi connectivity index (χ3v) is 9.75. The van der Waals surface area contributed by atoms with E-state index in [9.17, 15) is 47.3 Å². The number of hydrogen-bond acceptors (Lipinski definition) is 21. The zero-order chi connectivity index (χ0) is 35.5. The van der Waals surface area contributed by atoms with E-state index in [1.54, 1.807) is 13.8 Å². The normalized spacial score (nSPS) is 20.8. The van der Waals surface area contributed by atoms with Crippen LogP contribution >= 0.6 is 39.1 Å². The first-order chi connectivity index (χ1) is 21.2. The summed E-state index contributed by atoms with van der Waals surface area (Å²) in [6.07, 6.45) is 0.654. The Kier molecular flexibility index (Phi) is 23.3. The largest absolute Gasteiger partial charge is 0.756 e. The van der Waals surface area contributed by atoms with Gasteiger partial charge in [-0.05, 0) is 19.9 Å². The number of aliphatic hydroxyl groups is 1. The van der Waals surface area contributed by atoms with Crippen LogP contribution in [0.25, 0.3) is 0 Å². The summed E-state index contributed by atoms with van der Waals surface area (Å²) in [5.41, 5.74) is 0. The predicted octanol–water partition coefficient (Wildman–Crippen LogP) is -1.65. The second-order valence-electron chi connectivity index (χ2n) is 9.22. The van der Waals surface area contributed by atoms with Gasteiger partial charge in [0.1, 0.15) is 0 Å². The van der Waals surface area contributed by atoms with Gasteiger partial charge in [0.25, 0.3) is 39.1 Å². The molecule has 0 bridgehead atoms. The molecule has 0 aromatic heterocycles. The van der Waals surface area contributed by atoms with Crippen molar-refractivity contribution in [1.82, 2.24) is 5.32 Å². The van der Waals surface area contributed by atoms with Crippen LogP contribution in [0.3, 0.4) is 0 Å². The minimum atomic E-state index is -5.05. The third-order valence-electron chi connectivity index (χ3n) is 5.42. The minimum Gasteiger partial charge on any atom is -0.756 e. The van der Waals surface area contributed by atoms with Crippen LogP contribution in [-0.2, 0) is 63.5 Å². The Morgan fingerprint density at radius 1 is 0.543 bits per heavy atom. The van der Waals surface area contributed by atoms with Crippen molar-refractivity contribution in [2.45, 2.75) is 26.7 Å². The maximum atomic E-state index is 12.0. The first-order valence-electron chi connectivity index (χ1n) is 13.5. The fourth-order valence-electron chi connectivity index (χ4n) is 2.77. The second-order valence-corrected chi connectivity index (χ2v) is 16.1. The lowest BCUT2D eigenvalue weighted by Gasteiger charge is -2.29. The quantitative estimate of drug-likeness (QED) is 0.0543. The van der Waals surface area contributed by atoms with E-state index in [0.717, 1.165) is 0 Å². The van der Waals surface area contributed by atoms with Gasteiger partial charge in [-0.15, -0.1) is 0 Å². The monoisotopic (exact) mass is 774 g/mol. The van der Waals surface area contributed by atoms with Crippen LogP contribution in [-0.4, -0.2) is 89.7 Å². The molecule has 0 aromatic rings. The molecule has 278 valence electrons. The number of phosphoric acid groups is 5. The van der Waals surface area contributed by atoms with E-state index in [1.165, 1.54) is 7.05 Å². The molecule has 0 heterocycles. The van der Waals surface area contributed by atoms with Crippen LogP contribution < -0.4 is 29.8 Å². The van der Waals surface area contributed by atoms with Crippen LogP contribution in [0.1, 0.15) is 26.7 Å². The number of aliphatic hydroxyl groups excluding tert-OH is 1. The van der Waals surface area contributed by atoms with Crippen molar-refractivity contribution in [3.8, 4) is 0 Å². The summed E-state index contributed by atoms with van der Waals surface area (Å²) in [6, 6.07) is 0. The summed E-state index contributed by atoms with van der Waals surface area (Å²) in [7, 11) is -23.4. The molecule has 3 N–H and O–H groups in total. The van der Waals surface area contributed by atoms with E-state index < -0.39 is 110 Å². The SMILES string of the molecule is CCC(CO)COP(=O)([O-])OCCOP(=O)([O-])OCC(CNC)COP(=O)([O-])OCCOP(=O)([O-])OCC(CC)COP(=O)([O-])O. The molecule has 8 atom stereocenters. The lowest BCUT2D eigenvalue weighted by atomic mass is 10.1. The van der Waals surface area contributed by atoms with Crippen molar-refractivity contribution in [1.29, 1.82) is 0 Å². The van der Waals surface area contributed by atoms with Gasteiger partial charge in [-0.3, -0.25) is 22.8 Å². The topological polar surface area (TPSA) is 336 Å². The molecule has 0 aliphatic carbocycles. The Bertz CT molecular complexity index is 1070. The molecular formula is C19H41NO21P5-5. The van der Waals surface area contributed by atoms with Crippen molar-refractivity contribution in [2.75, 3.05) is 79.7 Å². The predicted molar refractivity (Wildman–Crippen MR) is 146 cm³/mol. The molecule has 22 nitrogen and oxygen atoms in total. The summed E-state index contributed by atoms with van der Waals surface area (Å²) in [4.78, 5) is 66.8. The van der Waals surface area contributed by atoms with Crippen LogP contribution in [0.2, 0.25) is 0 Å². The Hall–Kier alpha value is 0.470. The van der Waals surface area contributed by atoms with Gasteiger partial charge in [-0.1, -0.05) is 13.8 Å². The summed E-state index contributed by atoms with van der Waals surface area (Å²) >= 11 is 0. The smallest absolute Gasteiger partial charge is 0.267 e. The highest BCUT2D eigenvalue weighted by Gasteiger charge is 2.21. The Balaban J connectivity index is 4.53. The molecule has 0 aliphatic rings. The fourth-order valence-corrected chi connectivity index (χ4v) is 6.23. The van der Waals surface area contributed by atoms with Crippen molar-refractivity contribution in [2.24, 2.45) is 17.8 Å². The summed E-state index contributed by atoms with van der Waals surface area (Å²) < 4.78 is 98.8. The van der Waals surface area contributed by atoms with Crippen molar-refractivity contribution in [3.63, 3.8) is 0 Å². The molecular weight excluding hydrogens is 733 g/mol. The first-order valence-corrected chi connectivity index (χ1v) is 20.9. The van der Waals surface area contributed by atoms with E-state index in [-0.39, 0.29) is 26.2 Å². The average Bonchev–Trinajstić information content (AvgIpc) is 2.95. The zero-order valence-electron chi connectivity index (χ0n) is 25.3. The molecule has 0 saturated carbocycles. The molecule has 0 saturated heterocycles. The average molecular weight is 774 g/mol. The molecule has 0 radical (unpaired) electrons. The highest BCUT2D eigenvalue weighted by molar-refractivity contribution is 7.46. The van der Waals surface area contributed by atoms with E-state index in [2.05, 4.69) is 46.0 Å². The molecule has 0 amide bonds. The van der Waals surface area contributed by atoms with E-state index in [4.69, 9.17) is 10.00 Å². The molecule has 0 spiro atoms. The molecule has 0 aliphatic heterocycles. The van der Waals surface area contributed by atoms with Crippen LogP contribution in [0, 0.1) is 17.8 Å². The lowest BCUT2D eigenvalue weighted by Crippen LogP contribution is -2.28. The summed E-state index contributed by atoms with van der Waals surface area (Å²) in [6.45, 7) is -2.95. The second kappa shape index (κ2) is 23.0.